The van der Waals surface area contributed by atoms with Crippen LogP contribution in [0.3, 0.4) is 0 Å². The molecule has 0 aliphatic carbocycles. The van der Waals surface area contributed by atoms with E-state index < -0.39 is 0 Å². The average molecular weight is 248 g/mol. The number of carbonyl (C=O) groups excluding carboxylic acids is 1. The third-order valence-corrected chi connectivity index (χ3v) is 3.37. The molecule has 0 spiro atoms. The van der Waals surface area contributed by atoms with Gasteiger partial charge in [0.15, 0.2) is 0 Å². The highest BCUT2D eigenvalue weighted by atomic mass is 16.5. The van der Waals surface area contributed by atoms with E-state index in [4.69, 9.17) is 4.74 Å². The normalized spacial score (nSPS) is 18.7. The first-order chi connectivity index (χ1) is 8.69. The molecule has 1 atom stereocenters. The standard InChI is InChI=1S/C14H20N2O2/c1-4-15-11(2)9-16(14(17)10-18-3)13-8-6-5-7-12(13)15/h5-8,11H,4,9-10H2,1-3H3. The number of likely N-dealkylation sites (N-methyl/N-ethyl adjacent to an activating group) is 1. The molecule has 18 heavy (non-hydrogen) atoms. The summed E-state index contributed by atoms with van der Waals surface area (Å²) >= 11 is 0. The first-order valence-electron chi connectivity index (χ1n) is 6.34. The van der Waals surface area contributed by atoms with Crippen LogP contribution in [0.15, 0.2) is 24.3 Å². The van der Waals surface area contributed by atoms with Crippen molar-refractivity contribution in [3.8, 4) is 0 Å². The third kappa shape index (κ3) is 2.20. The number of rotatable bonds is 3. The van der Waals surface area contributed by atoms with Crippen LogP contribution in [0.4, 0.5) is 11.4 Å². The van der Waals surface area contributed by atoms with Crippen LogP contribution in [-0.4, -0.2) is 38.8 Å². The molecule has 1 aliphatic heterocycles. The Morgan fingerprint density at radius 3 is 2.67 bits per heavy atom. The number of anilines is 2. The summed E-state index contributed by atoms with van der Waals surface area (Å²) < 4.78 is 4.96. The quantitative estimate of drug-likeness (QED) is 0.819. The van der Waals surface area contributed by atoms with Crippen LogP contribution < -0.4 is 9.80 Å². The molecule has 1 aliphatic rings. The van der Waals surface area contributed by atoms with Crippen LogP contribution in [0.25, 0.3) is 0 Å². The van der Waals surface area contributed by atoms with Gasteiger partial charge in [0.05, 0.1) is 11.4 Å². The average Bonchev–Trinajstić information content (AvgIpc) is 2.38. The lowest BCUT2D eigenvalue weighted by Gasteiger charge is -2.41. The summed E-state index contributed by atoms with van der Waals surface area (Å²) in [6, 6.07) is 8.37. The second kappa shape index (κ2) is 5.40. The number of hydrogen-bond donors (Lipinski definition) is 0. The Hall–Kier alpha value is -1.55. The largest absolute Gasteiger partial charge is 0.375 e. The topological polar surface area (TPSA) is 32.8 Å². The molecular formula is C14H20N2O2. The highest BCUT2D eigenvalue weighted by Crippen LogP contribution is 2.34. The molecule has 0 saturated carbocycles. The molecule has 2 rings (SSSR count). The SMILES string of the molecule is CCN1c2ccccc2N(C(=O)COC)CC1C. The van der Waals surface area contributed by atoms with Crippen molar-refractivity contribution in [1.29, 1.82) is 0 Å². The van der Waals surface area contributed by atoms with Gasteiger partial charge in [0, 0.05) is 26.2 Å². The molecule has 0 bridgehead atoms. The number of ether oxygens (including phenoxy) is 1. The van der Waals surface area contributed by atoms with Crippen LogP contribution in [0.1, 0.15) is 13.8 Å². The van der Waals surface area contributed by atoms with E-state index in [1.807, 2.05) is 23.1 Å². The first kappa shape index (κ1) is 12.9. The van der Waals surface area contributed by atoms with E-state index in [1.165, 1.54) is 0 Å². The van der Waals surface area contributed by atoms with Crippen LogP contribution >= 0.6 is 0 Å². The minimum absolute atomic E-state index is 0.0209. The molecule has 1 heterocycles. The summed E-state index contributed by atoms with van der Waals surface area (Å²) in [4.78, 5) is 16.2. The summed E-state index contributed by atoms with van der Waals surface area (Å²) in [5.41, 5.74) is 2.11. The number of carbonyl (C=O) groups is 1. The van der Waals surface area contributed by atoms with Gasteiger partial charge in [-0.15, -0.1) is 0 Å². The van der Waals surface area contributed by atoms with Crippen molar-refractivity contribution in [1.82, 2.24) is 0 Å². The molecule has 0 saturated heterocycles. The second-order valence-corrected chi connectivity index (χ2v) is 4.56. The maximum atomic E-state index is 12.1. The predicted molar refractivity (Wildman–Crippen MR) is 73.2 cm³/mol. The molecule has 0 radical (unpaired) electrons. The number of para-hydroxylation sites is 2. The fourth-order valence-electron chi connectivity index (χ4n) is 2.55. The monoisotopic (exact) mass is 248 g/mol. The van der Waals surface area contributed by atoms with E-state index >= 15 is 0 Å². The maximum Gasteiger partial charge on any atom is 0.253 e. The Balaban J connectivity index is 2.38. The van der Waals surface area contributed by atoms with E-state index in [2.05, 4.69) is 24.8 Å². The van der Waals surface area contributed by atoms with Crippen molar-refractivity contribution >= 4 is 17.3 Å². The number of methoxy groups -OCH3 is 1. The Kier molecular flexibility index (Phi) is 3.87. The fraction of sp³-hybridized carbons (Fsp3) is 0.500. The minimum Gasteiger partial charge on any atom is -0.375 e. The van der Waals surface area contributed by atoms with Gasteiger partial charge in [-0.05, 0) is 26.0 Å². The Morgan fingerprint density at radius 1 is 1.39 bits per heavy atom. The lowest BCUT2D eigenvalue weighted by atomic mass is 10.1. The van der Waals surface area contributed by atoms with Crippen molar-refractivity contribution in [3.63, 3.8) is 0 Å². The summed E-state index contributed by atoms with van der Waals surface area (Å²) in [6.45, 7) is 6.08. The number of hydrogen-bond acceptors (Lipinski definition) is 3. The van der Waals surface area contributed by atoms with Gasteiger partial charge >= 0.3 is 0 Å². The molecule has 0 aromatic heterocycles. The Morgan fingerprint density at radius 2 is 2.06 bits per heavy atom. The molecule has 1 amide bonds. The zero-order valence-corrected chi connectivity index (χ0v) is 11.2. The predicted octanol–water partition coefficient (Wildman–Crippen LogP) is 1.89. The third-order valence-electron chi connectivity index (χ3n) is 3.37. The van der Waals surface area contributed by atoms with Gasteiger partial charge in [-0.2, -0.15) is 0 Å². The lowest BCUT2D eigenvalue weighted by Crippen LogP contribution is -2.50. The Bertz CT molecular complexity index is 434. The number of fused-ring (bicyclic) bond motifs is 1. The smallest absolute Gasteiger partial charge is 0.253 e. The molecule has 0 fully saturated rings. The summed E-state index contributed by atoms with van der Waals surface area (Å²) in [7, 11) is 1.55. The highest BCUT2D eigenvalue weighted by molar-refractivity contribution is 5.98. The maximum absolute atomic E-state index is 12.1. The van der Waals surface area contributed by atoms with Crippen molar-refractivity contribution in [2.45, 2.75) is 19.9 Å². The van der Waals surface area contributed by atoms with Gasteiger partial charge in [-0.3, -0.25) is 4.79 Å². The molecule has 1 aromatic rings. The Labute approximate surface area is 108 Å². The summed E-state index contributed by atoms with van der Waals surface area (Å²) in [6.07, 6.45) is 0. The van der Waals surface area contributed by atoms with Crippen LogP contribution in [0.2, 0.25) is 0 Å². The van der Waals surface area contributed by atoms with Gasteiger partial charge in [0.2, 0.25) is 0 Å². The van der Waals surface area contributed by atoms with Crippen molar-refractivity contribution in [3.05, 3.63) is 24.3 Å². The van der Waals surface area contributed by atoms with Gasteiger partial charge < -0.3 is 14.5 Å². The minimum atomic E-state index is 0.0209. The van der Waals surface area contributed by atoms with Crippen molar-refractivity contribution in [2.24, 2.45) is 0 Å². The molecular weight excluding hydrogens is 228 g/mol. The number of amides is 1. The van der Waals surface area contributed by atoms with Gasteiger partial charge in [-0.1, -0.05) is 12.1 Å². The van der Waals surface area contributed by atoms with E-state index in [9.17, 15) is 4.79 Å². The molecule has 0 N–H and O–H groups in total. The number of benzene rings is 1. The van der Waals surface area contributed by atoms with E-state index in [-0.39, 0.29) is 12.5 Å². The fourth-order valence-corrected chi connectivity index (χ4v) is 2.55. The molecule has 1 unspecified atom stereocenters. The zero-order chi connectivity index (χ0) is 13.1. The lowest BCUT2D eigenvalue weighted by molar-refractivity contribution is -0.122. The molecule has 98 valence electrons. The number of nitrogens with zero attached hydrogens (tertiary/aromatic N) is 2. The van der Waals surface area contributed by atoms with Gasteiger partial charge in [-0.25, -0.2) is 0 Å². The highest BCUT2D eigenvalue weighted by Gasteiger charge is 2.29. The van der Waals surface area contributed by atoms with E-state index in [0.29, 0.717) is 12.6 Å². The second-order valence-electron chi connectivity index (χ2n) is 4.56. The zero-order valence-electron chi connectivity index (χ0n) is 11.2. The first-order valence-corrected chi connectivity index (χ1v) is 6.34. The van der Waals surface area contributed by atoms with Crippen molar-refractivity contribution < 1.29 is 9.53 Å². The molecule has 1 aromatic carbocycles. The summed E-state index contributed by atoms with van der Waals surface area (Å²) in [5.74, 6) is 0.0209. The van der Waals surface area contributed by atoms with Crippen LogP contribution in [0.5, 0.6) is 0 Å². The summed E-state index contributed by atoms with van der Waals surface area (Å²) in [5, 5.41) is 0. The van der Waals surface area contributed by atoms with Crippen LogP contribution in [-0.2, 0) is 9.53 Å². The van der Waals surface area contributed by atoms with Crippen molar-refractivity contribution in [2.75, 3.05) is 36.6 Å². The molecule has 4 nitrogen and oxygen atoms in total. The van der Waals surface area contributed by atoms with Crippen LogP contribution in [0, 0.1) is 0 Å². The van der Waals surface area contributed by atoms with E-state index in [0.717, 1.165) is 17.9 Å². The van der Waals surface area contributed by atoms with Gasteiger partial charge in [0.25, 0.3) is 5.91 Å². The van der Waals surface area contributed by atoms with E-state index in [1.54, 1.807) is 7.11 Å². The molecule has 4 heteroatoms. The van der Waals surface area contributed by atoms with Gasteiger partial charge in [0.1, 0.15) is 6.61 Å².